The topological polar surface area (TPSA) is 86.8 Å². The number of benzene rings is 2. The molecular formula is C23H29ClFN3O4S. The van der Waals surface area contributed by atoms with Crippen molar-refractivity contribution in [1.29, 1.82) is 0 Å². The van der Waals surface area contributed by atoms with Crippen LogP contribution >= 0.6 is 11.6 Å². The van der Waals surface area contributed by atoms with Gasteiger partial charge in [-0.2, -0.15) is 0 Å². The number of nitrogens with zero attached hydrogens (tertiary/aromatic N) is 2. The van der Waals surface area contributed by atoms with E-state index in [-0.39, 0.29) is 29.2 Å². The van der Waals surface area contributed by atoms with Crippen molar-refractivity contribution in [3.8, 4) is 0 Å². The first-order valence-corrected chi connectivity index (χ1v) is 12.6. The number of aryl methyl sites for hydroxylation is 1. The molecule has 0 aliphatic carbocycles. The minimum absolute atomic E-state index is 0.0480. The highest BCUT2D eigenvalue weighted by Crippen LogP contribution is 2.25. The van der Waals surface area contributed by atoms with Crippen molar-refractivity contribution in [2.75, 3.05) is 17.1 Å². The molecule has 2 aromatic rings. The zero-order valence-corrected chi connectivity index (χ0v) is 20.9. The molecular weight excluding hydrogens is 469 g/mol. The van der Waals surface area contributed by atoms with Gasteiger partial charge in [-0.1, -0.05) is 41.4 Å². The molecule has 1 N–H and O–H groups in total. The Labute approximate surface area is 199 Å². The van der Waals surface area contributed by atoms with Crippen molar-refractivity contribution in [1.82, 2.24) is 10.2 Å². The number of sulfonamides is 1. The van der Waals surface area contributed by atoms with E-state index in [0.717, 1.165) is 33.8 Å². The van der Waals surface area contributed by atoms with Gasteiger partial charge in [0.15, 0.2) is 0 Å². The molecule has 0 aromatic heterocycles. The molecule has 180 valence electrons. The third kappa shape index (κ3) is 7.43. The van der Waals surface area contributed by atoms with Crippen LogP contribution in [0.15, 0.2) is 42.5 Å². The van der Waals surface area contributed by atoms with E-state index in [1.165, 1.54) is 11.0 Å². The van der Waals surface area contributed by atoms with E-state index in [1.54, 1.807) is 20.8 Å². The molecule has 0 spiro atoms. The SMILES string of the molecule is Cc1ccc(CN(C(=O)CN(c2ccc(F)c(Cl)c2)S(C)(=O)=O)[C@@H](C)C(=O)NC(C)C)cc1. The summed E-state index contributed by atoms with van der Waals surface area (Å²) < 4.78 is 39.4. The first-order chi connectivity index (χ1) is 15.3. The lowest BCUT2D eigenvalue weighted by molar-refractivity contribution is -0.139. The van der Waals surface area contributed by atoms with E-state index >= 15 is 0 Å². The third-order valence-corrected chi connectivity index (χ3v) is 6.37. The minimum atomic E-state index is -3.92. The quantitative estimate of drug-likeness (QED) is 0.574. The van der Waals surface area contributed by atoms with Crippen LogP contribution in [0.4, 0.5) is 10.1 Å². The predicted molar refractivity (Wildman–Crippen MR) is 128 cm³/mol. The zero-order valence-electron chi connectivity index (χ0n) is 19.3. The standard InChI is InChI=1S/C23H29ClFN3O4S/c1-15(2)26-23(30)17(4)27(13-18-8-6-16(3)7-9-18)22(29)14-28(33(5,31)32)19-10-11-21(25)20(24)12-19/h6-12,15,17H,13-14H2,1-5H3,(H,26,30)/t17-/m0/s1. The Balaban J connectivity index is 2.40. The summed E-state index contributed by atoms with van der Waals surface area (Å²) in [5.41, 5.74) is 1.87. The molecule has 0 heterocycles. The van der Waals surface area contributed by atoms with Crippen LogP contribution in [0.1, 0.15) is 31.9 Å². The van der Waals surface area contributed by atoms with Gasteiger partial charge < -0.3 is 10.2 Å². The molecule has 10 heteroatoms. The Bertz CT molecular complexity index is 1110. The van der Waals surface area contributed by atoms with Crippen LogP contribution in [0, 0.1) is 12.7 Å². The summed E-state index contributed by atoms with van der Waals surface area (Å²) in [5, 5.41) is 2.51. The van der Waals surface area contributed by atoms with Gasteiger partial charge in [0.2, 0.25) is 21.8 Å². The summed E-state index contributed by atoms with van der Waals surface area (Å²) >= 11 is 5.82. The first-order valence-electron chi connectivity index (χ1n) is 10.4. The smallest absolute Gasteiger partial charge is 0.244 e. The minimum Gasteiger partial charge on any atom is -0.352 e. The number of hydrogen-bond acceptors (Lipinski definition) is 4. The van der Waals surface area contributed by atoms with Crippen LogP contribution in [0.3, 0.4) is 0 Å². The summed E-state index contributed by atoms with van der Waals surface area (Å²) in [5.74, 6) is -1.66. The van der Waals surface area contributed by atoms with Crippen molar-refractivity contribution in [2.45, 2.75) is 46.3 Å². The summed E-state index contributed by atoms with van der Waals surface area (Å²) in [4.78, 5) is 27.4. The van der Waals surface area contributed by atoms with Crippen LogP contribution in [0.5, 0.6) is 0 Å². The Hall–Kier alpha value is -2.65. The fourth-order valence-corrected chi connectivity index (χ4v) is 4.15. The molecule has 2 aromatic carbocycles. The number of halogens is 2. The number of hydrogen-bond donors (Lipinski definition) is 1. The lowest BCUT2D eigenvalue weighted by Crippen LogP contribution is -2.52. The molecule has 33 heavy (non-hydrogen) atoms. The van der Waals surface area contributed by atoms with E-state index in [4.69, 9.17) is 11.6 Å². The highest BCUT2D eigenvalue weighted by atomic mass is 35.5. The maximum absolute atomic E-state index is 13.6. The number of carbonyl (C=O) groups excluding carboxylic acids is 2. The molecule has 2 rings (SSSR count). The van der Waals surface area contributed by atoms with Crippen molar-refractivity contribution >= 4 is 39.1 Å². The van der Waals surface area contributed by atoms with Gasteiger partial charge in [-0.05, 0) is 51.5 Å². The number of nitrogens with one attached hydrogen (secondary N) is 1. The second kappa shape index (κ2) is 11.0. The fourth-order valence-electron chi connectivity index (χ4n) is 3.13. The van der Waals surface area contributed by atoms with E-state index in [9.17, 15) is 22.4 Å². The van der Waals surface area contributed by atoms with Gasteiger partial charge in [0.05, 0.1) is 17.0 Å². The monoisotopic (exact) mass is 497 g/mol. The van der Waals surface area contributed by atoms with Gasteiger partial charge in [0.25, 0.3) is 0 Å². The molecule has 0 fully saturated rings. The number of rotatable bonds is 9. The Morgan fingerprint density at radius 1 is 1.09 bits per heavy atom. The van der Waals surface area contributed by atoms with Gasteiger partial charge in [0, 0.05) is 12.6 Å². The van der Waals surface area contributed by atoms with Crippen molar-refractivity contribution in [3.05, 3.63) is 64.4 Å². The van der Waals surface area contributed by atoms with E-state index < -0.39 is 34.3 Å². The average Bonchev–Trinajstić information content (AvgIpc) is 2.71. The van der Waals surface area contributed by atoms with Crippen LogP contribution in [0.25, 0.3) is 0 Å². The zero-order chi connectivity index (χ0) is 24.9. The second-order valence-electron chi connectivity index (χ2n) is 8.21. The Kier molecular flexibility index (Phi) is 8.85. The maximum Gasteiger partial charge on any atom is 0.244 e. The molecule has 0 saturated carbocycles. The summed E-state index contributed by atoms with van der Waals surface area (Å²) in [6, 6.07) is 9.88. The van der Waals surface area contributed by atoms with Crippen molar-refractivity contribution in [3.63, 3.8) is 0 Å². The summed E-state index contributed by atoms with van der Waals surface area (Å²) in [7, 11) is -3.92. The van der Waals surface area contributed by atoms with Crippen LogP contribution in [-0.2, 0) is 26.2 Å². The average molecular weight is 498 g/mol. The molecule has 0 aliphatic rings. The van der Waals surface area contributed by atoms with Crippen LogP contribution in [0.2, 0.25) is 5.02 Å². The fraction of sp³-hybridized carbons (Fsp3) is 0.391. The highest BCUT2D eigenvalue weighted by molar-refractivity contribution is 7.92. The van der Waals surface area contributed by atoms with E-state index in [0.29, 0.717) is 0 Å². The Morgan fingerprint density at radius 2 is 1.70 bits per heavy atom. The molecule has 2 amide bonds. The second-order valence-corrected chi connectivity index (χ2v) is 10.5. The van der Waals surface area contributed by atoms with Gasteiger partial charge in [-0.25, -0.2) is 12.8 Å². The van der Waals surface area contributed by atoms with E-state index in [2.05, 4.69) is 5.32 Å². The van der Waals surface area contributed by atoms with Crippen LogP contribution < -0.4 is 9.62 Å². The lowest BCUT2D eigenvalue weighted by atomic mass is 10.1. The normalized spacial score (nSPS) is 12.4. The van der Waals surface area contributed by atoms with E-state index in [1.807, 2.05) is 31.2 Å². The largest absolute Gasteiger partial charge is 0.352 e. The molecule has 1 atom stereocenters. The molecule has 0 radical (unpaired) electrons. The molecule has 0 unspecified atom stereocenters. The summed E-state index contributed by atoms with van der Waals surface area (Å²) in [6.07, 6.45) is 0.941. The molecule has 0 bridgehead atoms. The molecule has 0 saturated heterocycles. The Morgan fingerprint density at radius 3 is 2.21 bits per heavy atom. The highest BCUT2D eigenvalue weighted by Gasteiger charge is 2.30. The van der Waals surface area contributed by atoms with Gasteiger partial charge >= 0.3 is 0 Å². The van der Waals surface area contributed by atoms with Crippen LogP contribution in [-0.4, -0.2) is 50.0 Å². The van der Waals surface area contributed by atoms with Gasteiger partial charge in [-0.15, -0.1) is 0 Å². The number of carbonyl (C=O) groups is 2. The molecule has 0 aliphatic heterocycles. The predicted octanol–water partition coefficient (Wildman–Crippen LogP) is 3.50. The number of amides is 2. The van der Waals surface area contributed by atoms with Crippen molar-refractivity contribution < 1.29 is 22.4 Å². The number of anilines is 1. The third-order valence-electron chi connectivity index (χ3n) is 4.94. The van der Waals surface area contributed by atoms with Gasteiger partial charge in [-0.3, -0.25) is 13.9 Å². The lowest BCUT2D eigenvalue weighted by Gasteiger charge is -2.32. The molecule has 7 nitrogen and oxygen atoms in total. The first kappa shape index (κ1) is 26.6. The van der Waals surface area contributed by atoms with Crippen molar-refractivity contribution in [2.24, 2.45) is 0 Å². The summed E-state index contributed by atoms with van der Waals surface area (Å²) in [6.45, 7) is 6.66. The maximum atomic E-state index is 13.6. The van der Waals surface area contributed by atoms with Gasteiger partial charge in [0.1, 0.15) is 18.4 Å².